The second-order valence-corrected chi connectivity index (χ2v) is 6.16. The minimum Gasteiger partial charge on any atom is -0.481 e. The third kappa shape index (κ3) is 3.68. The van der Waals surface area contributed by atoms with Crippen LogP contribution in [0.4, 0.5) is 13.2 Å². The van der Waals surface area contributed by atoms with Gasteiger partial charge in [0.2, 0.25) is 5.89 Å². The second kappa shape index (κ2) is 6.51. The predicted octanol–water partition coefficient (Wildman–Crippen LogP) is 3.66. The number of hydrogen-bond donors (Lipinski definition) is 1. The van der Waals surface area contributed by atoms with Gasteiger partial charge in [0.15, 0.2) is 0 Å². The molecular weight excluding hydrogens is 337 g/mol. The van der Waals surface area contributed by atoms with Crippen LogP contribution in [-0.4, -0.2) is 33.5 Å². The topological polar surface area (TPSA) is 66.6 Å². The van der Waals surface area contributed by atoms with Crippen molar-refractivity contribution < 1.29 is 27.5 Å². The minimum absolute atomic E-state index is 0.108. The van der Waals surface area contributed by atoms with E-state index in [-0.39, 0.29) is 11.9 Å². The number of benzene rings is 1. The number of carbonyl (C=O) groups is 1. The van der Waals surface area contributed by atoms with Crippen LogP contribution in [0.5, 0.6) is 0 Å². The average Bonchev–Trinajstić information content (AvgIpc) is 3.15. The Bertz CT molecular complexity index is 755. The summed E-state index contributed by atoms with van der Waals surface area (Å²) in [5.74, 6) is -0.966. The molecule has 1 aliphatic heterocycles. The van der Waals surface area contributed by atoms with Crippen molar-refractivity contribution in [3.05, 3.63) is 41.8 Å². The number of likely N-dealkylation sites (tertiary alicyclic amines) is 1. The van der Waals surface area contributed by atoms with E-state index in [4.69, 9.17) is 9.52 Å². The van der Waals surface area contributed by atoms with Crippen LogP contribution in [0.3, 0.4) is 0 Å². The zero-order valence-electron chi connectivity index (χ0n) is 13.5. The SMILES string of the molecule is CC1C(C(=O)O)CCN1Cc1coc(-c2ccc(C(F)(F)F)cc2)n1. The van der Waals surface area contributed by atoms with E-state index in [1.54, 1.807) is 0 Å². The Balaban J connectivity index is 1.70. The summed E-state index contributed by atoms with van der Waals surface area (Å²) in [5.41, 5.74) is 0.346. The Morgan fingerprint density at radius 3 is 2.60 bits per heavy atom. The third-order valence-corrected chi connectivity index (χ3v) is 4.58. The van der Waals surface area contributed by atoms with E-state index in [1.807, 2.05) is 11.8 Å². The Kier molecular flexibility index (Phi) is 4.55. The van der Waals surface area contributed by atoms with Gasteiger partial charge in [-0.15, -0.1) is 0 Å². The summed E-state index contributed by atoms with van der Waals surface area (Å²) >= 11 is 0. The molecule has 0 radical (unpaired) electrons. The number of hydrogen-bond acceptors (Lipinski definition) is 4. The zero-order valence-corrected chi connectivity index (χ0v) is 13.5. The van der Waals surface area contributed by atoms with Crippen molar-refractivity contribution in [3.8, 4) is 11.5 Å². The Morgan fingerprint density at radius 2 is 2.04 bits per heavy atom. The first-order valence-corrected chi connectivity index (χ1v) is 7.84. The Hall–Kier alpha value is -2.35. The van der Waals surface area contributed by atoms with E-state index in [0.29, 0.717) is 30.8 Å². The summed E-state index contributed by atoms with van der Waals surface area (Å²) in [6.07, 6.45) is -2.35. The summed E-state index contributed by atoms with van der Waals surface area (Å²) < 4.78 is 43.1. The number of rotatable bonds is 4. The van der Waals surface area contributed by atoms with Gasteiger partial charge in [-0.2, -0.15) is 13.2 Å². The van der Waals surface area contributed by atoms with Crippen LogP contribution in [0.15, 0.2) is 34.9 Å². The van der Waals surface area contributed by atoms with E-state index in [1.165, 1.54) is 18.4 Å². The molecule has 8 heteroatoms. The number of oxazole rings is 1. The van der Waals surface area contributed by atoms with Crippen molar-refractivity contribution in [3.63, 3.8) is 0 Å². The van der Waals surface area contributed by atoms with Gasteiger partial charge in [0.05, 0.1) is 17.2 Å². The van der Waals surface area contributed by atoms with Gasteiger partial charge in [-0.1, -0.05) is 0 Å². The molecule has 2 aromatic rings. The fraction of sp³-hybridized carbons (Fsp3) is 0.412. The highest BCUT2D eigenvalue weighted by molar-refractivity contribution is 5.71. The van der Waals surface area contributed by atoms with Crippen molar-refractivity contribution in [2.45, 2.75) is 32.1 Å². The molecule has 0 aliphatic carbocycles. The minimum atomic E-state index is -4.38. The fourth-order valence-corrected chi connectivity index (χ4v) is 3.08. The number of alkyl halides is 3. The third-order valence-electron chi connectivity index (χ3n) is 4.58. The van der Waals surface area contributed by atoms with Crippen LogP contribution in [-0.2, 0) is 17.5 Å². The quantitative estimate of drug-likeness (QED) is 0.908. The lowest BCUT2D eigenvalue weighted by Crippen LogP contribution is -2.32. The summed E-state index contributed by atoms with van der Waals surface area (Å²) in [4.78, 5) is 17.5. The first-order chi connectivity index (χ1) is 11.8. The molecule has 0 saturated carbocycles. The molecule has 2 unspecified atom stereocenters. The molecule has 0 bridgehead atoms. The van der Waals surface area contributed by atoms with Crippen LogP contribution in [0, 0.1) is 5.92 Å². The lowest BCUT2D eigenvalue weighted by atomic mass is 10.0. The van der Waals surface area contributed by atoms with Gasteiger partial charge in [0.1, 0.15) is 6.26 Å². The van der Waals surface area contributed by atoms with Crippen LogP contribution in [0.2, 0.25) is 0 Å². The van der Waals surface area contributed by atoms with Gasteiger partial charge >= 0.3 is 12.1 Å². The summed E-state index contributed by atoms with van der Waals surface area (Å²) in [7, 11) is 0. The van der Waals surface area contributed by atoms with Crippen molar-refractivity contribution in [1.29, 1.82) is 0 Å². The zero-order chi connectivity index (χ0) is 18.2. The molecule has 1 saturated heterocycles. The summed E-state index contributed by atoms with van der Waals surface area (Å²) in [5, 5.41) is 9.16. The van der Waals surface area contributed by atoms with Crippen molar-refractivity contribution in [2.75, 3.05) is 6.54 Å². The maximum atomic E-state index is 12.6. The highest BCUT2D eigenvalue weighted by atomic mass is 19.4. The lowest BCUT2D eigenvalue weighted by molar-refractivity contribution is -0.142. The molecule has 1 aromatic carbocycles. The molecule has 1 aliphatic rings. The van der Waals surface area contributed by atoms with Crippen LogP contribution >= 0.6 is 0 Å². The van der Waals surface area contributed by atoms with E-state index in [0.717, 1.165) is 12.1 Å². The van der Waals surface area contributed by atoms with E-state index in [9.17, 15) is 18.0 Å². The monoisotopic (exact) mass is 354 g/mol. The molecule has 2 heterocycles. The largest absolute Gasteiger partial charge is 0.481 e. The van der Waals surface area contributed by atoms with Crippen molar-refractivity contribution in [1.82, 2.24) is 9.88 Å². The molecular formula is C17H17F3N2O3. The molecule has 3 rings (SSSR count). The number of halogens is 3. The van der Waals surface area contributed by atoms with Crippen LogP contribution < -0.4 is 0 Å². The number of aliphatic carboxylic acids is 1. The summed E-state index contributed by atoms with van der Waals surface area (Å²) in [6, 6.07) is 4.50. The average molecular weight is 354 g/mol. The molecule has 1 aromatic heterocycles. The second-order valence-electron chi connectivity index (χ2n) is 6.16. The van der Waals surface area contributed by atoms with Crippen LogP contribution in [0.1, 0.15) is 24.6 Å². The molecule has 5 nitrogen and oxygen atoms in total. The van der Waals surface area contributed by atoms with E-state index < -0.39 is 23.6 Å². The molecule has 1 N–H and O–H groups in total. The molecule has 2 atom stereocenters. The molecule has 0 spiro atoms. The van der Waals surface area contributed by atoms with Crippen molar-refractivity contribution >= 4 is 5.97 Å². The molecule has 25 heavy (non-hydrogen) atoms. The van der Waals surface area contributed by atoms with E-state index in [2.05, 4.69) is 4.98 Å². The van der Waals surface area contributed by atoms with Gasteiger partial charge in [-0.05, 0) is 44.2 Å². The normalized spacial score (nSPS) is 21.6. The predicted molar refractivity (Wildman–Crippen MR) is 82.6 cm³/mol. The smallest absolute Gasteiger partial charge is 0.416 e. The lowest BCUT2D eigenvalue weighted by Gasteiger charge is -2.21. The molecule has 0 amide bonds. The van der Waals surface area contributed by atoms with Crippen molar-refractivity contribution in [2.24, 2.45) is 5.92 Å². The van der Waals surface area contributed by atoms with Gasteiger partial charge in [-0.3, -0.25) is 9.69 Å². The maximum absolute atomic E-state index is 12.6. The Labute approximate surface area is 142 Å². The number of nitrogens with zero attached hydrogens (tertiary/aromatic N) is 2. The fourth-order valence-electron chi connectivity index (χ4n) is 3.08. The number of carboxylic acids is 1. The first-order valence-electron chi connectivity index (χ1n) is 7.84. The van der Waals surface area contributed by atoms with Crippen LogP contribution in [0.25, 0.3) is 11.5 Å². The van der Waals surface area contributed by atoms with Gasteiger partial charge in [-0.25, -0.2) is 4.98 Å². The highest BCUT2D eigenvalue weighted by Crippen LogP contribution is 2.31. The van der Waals surface area contributed by atoms with Gasteiger partial charge in [0, 0.05) is 18.2 Å². The standard InChI is InChI=1S/C17H17F3N2O3/c1-10-14(16(23)24)6-7-22(10)8-13-9-25-15(21-13)11-2-4-12(5-3-11)17(18,19)20/h2-5,9-10,14H,6-8H2,1H3,(H,23,24). The van der Waals surface area contributed by atoms with E-state index >= 15 is 0 Å². The molecule has 1 fully saturated rings. The number of carboxylic acid groups (broad SMARTS) is 1. The van der Waals surface area contributed by atoms with Gasteiger partial charge < -0.3 is 9.52 Å². The molecule has 134 valence electrons. The highest BCUT2D eigenvalue weighted by Gasteiger charge is 2.35. The summed E-state index contributed by atoms with van der Waals surface area (Å²) in [6.45, 7) is 2.96. The maximum Gasteiger partial charge on any atom is 0.416 e. The number of aromatic nitrogens is 1. The Morgan fingerprint density at radius 1 is 1.36 bits per heavy atom. The van der Waals surface area contributed by atoms with Gasteiger partial charge in [0.25, 0.3) is 0 Å². The first kappa shape index (κ1) is 17.5.